The number of piperazine rings is 1. The van der Waals surface area contributed by atoms with E-state index in [1.165, 1.54) is 0 Å². The van der Waals surface area contributed by atoms with Crippen LogP contribution in [0.4, 0.5) is 11.5 Å². The number of benzene rings is 1. The van der Waals surface area contributed by atoms with E-state index in [0.717, 1.165) is 43.2 Å². The van der Waals surface area contributed by atoms with Crippen LogP contribution < -0.4 is 10.2 Å². The molecule has 1 aromatic carbocycles. The third kappa shape index (κ3) is 5.78. The molecule has 2 aromatic rings. The van der Waals surface area contributed by atoms with Gasteiger partial charge in [0.1, 0.15) is 5.82 Å². The van der Waals surface area contributed by atoms with Gasteiger partial charge in [0, 0.05) is 39.1 Å². The first-order valence-corrected chi connectivity index (χ1v) is 9.97. The summed E-state index contributed by atoms with van der Waals surface area (Å²) >= 11 is 0. The van der Waals surface area contributed by atoms with Crippen LogP contribution in [-0.4, -0.2) is 53.6 Å². The lowest BCUT2D eigenvalue weighted by molar-refractivity contribution is -0.116. The maximum absolute atomic E-state index is 11.9. The zero-order valence-corrected chi connectivity index (χ0v) is 16.7. The normalized spacial score (nSPS) is 16.2. The number of carbonyl (C=O) groups excluding carboxylic acids is 1. The van der Waals surface area contributed by atoms with E-state index in [1.807, 2.05) is 56.3 Å². The van der Waals surface area contributed by atoms with Gasteiger partial charge < -0.3 is 15.3 Å². The molecule has 2 heterocycles. The minimum Gasteiger partial charge on any atom is -0.387 e. The number of aromatic nitrogens is 1. The third-order valence-electron chi connectivity index (χ3n) is 4.94. The molecule has 2 N–H and O–H groups in total. The first-order valence-electron chi connectivity index (χ1n) is 9.97. The molecule has 1 atom stereocenters. The van der Waals surface area contributed by atoms with E-state index in [1.54, 1.807) is 6.20 Å². The second kappa shape index (κ2) is 9.66. The number of β-amino-alcohol motifs (C(OH)–C–C–N with tert-alkyl or cyclic N) is 1. The molecule has 1 saturated heterocycles. The highest BCUT2D eigenvalue weighted by Crippen LogP contribution is 2.19. The van der Waals surface area contributed by atoms with Crippen molar-refractivity contribution in [1.82, 2.24) is 9.88 Å². The molecule has 0 radical (unpaired) electrons. The summed E-state index contributed by atoms with van der Waals surface area (Å²) in [5, 5.41) is 13.3. The van der Waals surface area contributed by atoms with Crippen molar-refractivity contribution in [3.63, 3.8) is 0 Å². The fraction of sp³-hybridized carbons (Fsp3) is 0.455. The number of pyridine rings is 1. The quantitative estimate of drug-likeness (QED) is 0.771. The number of nitrogens with zero attached hydrogens (tertiary/aromatic N) is 3. The van der Waals surface area contributed by atoms with Crippen molar-refractivity contribution in [3.05, 3.63) is 54.2 Å². The Kier molecular flexibility index (Phi) is 7.01. The molecular weight excluding hydrogens is 352 g/mol. The van der Waals surface area contributed by atoms with Gasteiger partial charge in [0.2, 0.25) is 5.91 Å². The molecule has 6 heteroatoms. The SMILES string of the molecule is CC(C)CC(=O)Nc1ccc(N2CCN(CC(O)c3ccccc3)CC2)nc1. The molecular formula is C22H30N4O2. The number of rotatable bonds is 7. The van der Waals surface area contributed by atoms with E-state index in [0.29, 0.717) is 18.9 Å². The molecule has 0 aliphatic carbocycles. The van der Waals surface area contributed by atoms with Gasteiger partial charge >= 0.3 is 0 Å². The molecule has 0 spiro atoms. The standard InChI is InChI=1S/C22H30N4O2/c1-17(2)14-22(28)24-19-8-9-21(23-15-19)26-12-10-25(11-13-26)16-20(27)18-6-4-3-5-7-18/h3-9,15,17,20,27H,10-14,16H2,1-2H3,(H,24,28). The molecule has 0 saturated carbocycles. The van der Waals surface area contributed by atoms with Crippen molar-refractivity contribution < 1.29 is 9.90 Å². The number of hydrogen-bond donors (Lipinski definition) is 2. The number of carbonyl (C=O) groups is 1. The Labute approximate surface area is 167 Å². The Hall–Kier alpha value is -2.44. The molecule has 1 aliphatic heterocycles. The summed E-state index contributed by atoms with van der Waals surface area (Å²) in [6.07, 6.45) is 1.78. The number of hydrogen-bond acceptors (Lipinski definition) is 5. The Balaban J connectivity index is 1.47. The number of anilines is 2. The lowest BCUT2D eigenvalue weighted by Gasteiger charge is -2.36. The van der Waals surface area contributed by atoms with Gasteiger partial charge in [-0.2, -0.15) is 0 Å². The van der Waals surface area contributed by atoms with Crippen LogP contribution in [-0.2, 0) is 4.79 Å². The zero-order valence-electron chi connectivity index (χ0n) is 16.7. The molecule has 1 amide bonds. The lowest BCUT2D eigenvalue weighted by atomic mass is 10.1. The van der Waals surface area contributed by atoms with Crippen LogP contribution in [0.5, 0.6) is 0 Å². The first-order chi connectivity index (χ1) is 13.5. The molecule has 1 fully saturated rings. The van der Waals surface area contributed by atoms with Crippen molar-refractivity contribution in [3.8, 4) is 0 Å². The number of amides is 1. The molecule has 0 bridgehead atoms. The van der Waals surface area contributed by atoms with Gasteiger partial charge in [-0.15, -0.1) is 0 Å². The maximum atomic E-state index is 11.9. The van der Waals surface area contributed by atoms with Gasteiger partial charge in [0.05, 0.1) is 18.0 Å². The molecule has 150 valence electrons. The van der Waals surface area contributed by atoms with Crippen molar-refractivity contribution >= 4 is 17.4 Å². The summed E-state index contributed by atoms with van der Waals surface area (Å²) < 4.78 is 0. The summed E-state index contributed by atoms with van der Waals surface area (Å²) in [4.78, 5) is 20.9. The van der Waals surface area contributed by atoms with Crippen LogP contribution in [0.1, 0.15) is 31.9 Å². The average Bonchev–Trinajstić information content (AvgIpc) is 2.69. The fourth-order valence-corrected chi connectivity index (χ4v) is 3.41. The Bertz CT molecular complexity index is 741. The van der Waals surface area contributed by atoms with E-state index >= 15 is 0 Å². The van der Waals surface area contributed by atoms with Crippen LogP contribution >= 0.6 is 0 Å². The number of aliphatic hydroxyl groups is 1. The highest BCUT2D eigenvalue weighted by molar-refractivity contribution is 5.90. The van der Waals surface area contributed by atoms with Crippen LogP contribution in [0.2, 0.25) is 0 Å². The Morgan fingerprint density at radius 3 is 2.43 bits per heavy atom. The molecule has 28 heavy (non-hydrogen) atoms. The fourth-order valence-electron chi connectivity index (χ4n) is 3.41. The monoisotopic (exact) mass is 382 g/mol. The van der Waals surface area contributed by atoms with Gasteiger partial charge in [0.25, 0.3) is 0 Å². The molecule has 1 aromatic heterocycles. The molecule has 1 unspecified atom stereocenters. The van der Waals surface area contributed by atoms with Crippen molar-refractivity contribution in [2.75, 3.05) is 42.9 Å². The van der Waals surface area contributed by atoms with Gasteiger partial charge in [-0.25, -0.2) is 4.98 Å². The number of nitrogens with one attached hydrogen (secondary N) is 1. The first kappa shape index (κ1) is 20.3. The zero-order chi connectivity index (χ0) is 19.9. The molecule has 3 rings (SSSR count). The van der Waals surface area contributed by atoms with E-state index < -0.39 is 6.10 Å². The van der Waals surface area contributed by atoms with Gasteiger partial charge in [-0.1, -0.05) is 44.2 Å². The molecule has 1 aliphatic rings. The minimum absolute atomic E-state index is 0.0233. The average molecular weight is 383 g/mol. The topological polar surface area (TPSA) is 68.7 Å². The Morgan fingerprint density at radius 1 is 1.11 bits per heavy atom. The van der Waals surface area contributed by atoms with E-state index in [2.05, 4.69) is 20.1 Å². The van der Waals surface area contributed by atoms with Crippen LogP contribution in [0.15, 0.2) is 48.7 Å². The van der Waals surface area contributed by atoms with E-state index in [4.69, 9.17) is 0 Å². The van der Waals surface area contributed by atoms with E-state index in [-0.39, 0.29) is 5.91 Å². The van der Waals surface area contributed by atoms with Crippen LogP contribution in [0.3, 0.4) is 0 Å². The minimum atomic E-state index is -0.459. The van der Waals surface area contributed by atoms with Crippen LogP contribution in [0.25, 0.3) is 0 Å². The summed E-state index contributed by atoms with van der Waals surface area (Å²) in [7, 11) is 0. The number of aliphatic hydroxyl groups excluding tert-OH is 1. The van der Waals surface area contributed by atoms with Crippen LogP contribution in [0, 0.1) is 5.92 Å². The summed E-state index contributed by atoms with van der Waals surface area (Å²) in [6, 6.07) is 13.7. The maximum Gasteiger partial charge on any atom is 0.224 e. The van der Waals surface area contributed by atoms with Gasteiger partial charge in [-0.3, -0.25) is 9.69 Å². The Morgan fingerprint density at radius 2 is 1.82 bits per heavy atom. The predicted octanol–water partition coefficient (Wildman–Crippen LogP) is 2.92. The van der Waals surface area contributed by atoms with Gasteiger partial charge in [-0.05, 0) is 23.6 Å². The summed E-state index contributed by atoms with van der Waals surface area (Å²) in [6.45, 7) is 8.21. The second-order valence-corrected chi connectivity index (χ2v) is 7.77. The predicted molar refractivity (Wildman–Crippen MR) is 112 cm³/mol. The van der Waals surface area contributed by atoms with Gasteiger partial charge in [0.15, 0.2) is 0 Å². The highest BCUT2D eigenvalue weighted by atomic mass is 16.3. The second-order valence-electron chi connectivity index (χ2n) is 7.77. The van der Waals surface area contributed by atoms with Crippen molar-refractivity contribution in [1.29, 1.82) is 0 Å². The lowest BCUT2D eigenvalue weighted by Crippen LogP contribution is -2.47. The van der Waals surface area contributed by atoms with Crippen molar-refractivity contribution in [2.45, 2.75) is 26.4 Å². The van der Waals surface area contributed by atoms with Crippen molar-refractivity contribution in [2.24, 2.45) is 5.92 Å². The largest absolute Gasteiger partial charge is 0.387 e. The third-order valence-corrected chi connectivity index (χ3v) is 4.94. The smallest absolute Gasteiger partial charge is 0.224 e. The van der Waals surface area contributed by atoms with E-state index in [9.17, 15) is 9.90 Å². The molecule has 6 nitrogen and oxygen atoms in total. The summed E-state index contributed by atoms with van der Waals surface area (Å²) in [5.74, 6) is 1.28. The highest BCUT2D eigenvalue weighted by Gasteiger charge is 2.20. The summed E-state index contributed by atoms with van der Waals surface area (Å²) in [5.41, 5.74) is 1.70.